The van der Waals surface area contributed by atoms with Gasteiger partial charge >= 0.3 is 0 Å². The zero-order valence-electron chi connectivity index (χ0n) is 16.0. The van der Waals surface area contributed by atoms with E-state index in [1.54, 1.807) is 4.90 Å². The second-order valence-corrected chi connectivity index (χ2v) is 7.54. The molecule has 6 heteroatoms. The predicted octanol–water partition coefficient (Wildman–Crippen LogP) is 2.76. The number of hydrogen-bond donors (Lipinski definition) is 0. The molecule has 2 aliphatic heterocycles. The maximum atomic E-state index is 13.1. The van der Waals surface area contributed by atoms with Gasteiger partial charge in [0.1, 0.15) is 5.58 Å². The molecule has 2 amide bonds. The highest BCUT2D eigenvalue weighted by molar-refractivity contribution is 5.99. The lowest BCUT2D eigenvalue weighted by Crippen LogP contribution is -2.49. The van der Waals surface area contributed by atoms with Gasteiger partial charge in [-0.05, 0) is 32.3 Å². The lowest BCUT2D eigenvalue weighted by molar-refractivity contribution is -0.141. The molecule has 0 aliphatic carbocycles. The first kappa shape index (κ1) is 18.0. The Bertz CT molecular complexity index is 866. The van der Waals surface area contributed by atoms with Crippen molar-refractivity contribution in [3.05, 3.63) is 35.1 Å². The number of amides is 2. The number of likely N-dealkylation sites (tertiary alicyclic amines) is 1. The molecule has 0 N–H and O–H groups in total. The molecule has 27 heavy (non-hydrogen) atoms. The third-order valence-electron chi connectivity index (χ3n) is 5.74. The van der Waals surface area contributed by atoms with Gasteiger partial charge in [-0.1, -0.05) is 18.2 Å². The van der Waals surface area contributed by atoms with Gasteiger partial charge in [0.25, 0.3) is 5.91 Å². The lowest BCUT2D eigenvalue weighted by Gasteiger charge is -2.36. The number of hydrogen-bond acceptors (Lipinski definition) is 4. The summed E-state index contributed by atoms with van der Waals surface area (Å²) in [5.74, 6) is 0.307. The van der Waals surface area contributed by atoms with Gasteiger partial charge in [-0.25, -0.2) is 0 Å². The fraction of sp³-hybridized carbons (Fsp3) is 0.524. The van der Waals surface area contributed by atoms with Crippen LogP contribution in [0.15, 0.2) is 22.6 Å². The number of para-hydroxylation sites is 1. The van der Waals surface area contributed by atoms with Crippen molar-refractivity contribution >= 4 is 22.8 Å². The van der Waals surface area contributed by atoms with E-state index in [-0.39, 0.29) is 17.7 Å². The van der Waals surface area contributed by atoms with Crippen molar-refractivity contribution in [1.82, 2.24) is 9.80 Å². The van der Waals surface area contributed by atoms with E-state index in [2.05, 4.69) is 0 Å². The summed E-state index contributed by atoms with van der Waals surface area (Å²) in [7, 11) is 0. The second-order valence-electron chi connectivity index (χ2n) is 7.54. The number of morpholine rings is 1. The van der Waals surface area contributed by atoms with E-state index in [1.807, 2.05) is 36.9 Å². The Morgan fingerprint density at radius 3 is 2.59 bits per heavy atom. The van der Waals surface area contributed by atoms with Gasteiger partial charge in [-0.3, -0.25) is 9.59 Å². The summed E-state index contributed by atoms with van der Waals surface area (Å²) in [6, 6.07) is 5.95. The van der Waals surface area contributed by atoms with Crippen molar-refractivity contribution in [1.29, 1.82) is 0 Å². The standard InChI is InChI=1S/C21H26N2O4/c1-14-5-3-7-17-15(2)19(27-18(14)17)21(25)23-8-4-6-16(13-23)20(24)22-9-11-26-12-10-22/h3,5,7,16H,4,6,8-13H2,1-2H3. The van der Waals surface area contributed by atoms with E-state index >= 15 is 0 Å². The van der Waals surface area contributed by atoms with Crippen LogP contribution >= 0.6 is 0 Å². The van der Waals surface area contributed by atoms with Crippen LogP contribution in [-0.2, 0) is 9.53 Å². The molecular formula is C21H26N2O4. The molecule has 144 valence electrons. The van der Waals surface area contributed by atoms with E-state index < -0.39 is 0 Å². The molecule has 2 saturated heterocycles. The number of nitrogens with zero attached hydrogens (tertiary/aromatic N) is 2. The molecule has 0 saturated carbocycles. The summed E-state index contributed by atoms with van der Waals surface area (Å²) >= 11 is 0. The first-order valence-corrected chi connectivity index (χ1v) is 9.71. The Hall–Kier alpha value is -2.34. The third-order valence-corrected chi connectivity index (χ3v) is 5.74. The van der Waals surface area contributed by atoms with Gasteiger partial charge in [-0.2, -0.15) is 0 Å². The van der Waals surface area contributed by atoms with Crippen LogP contribution < -0.4 is 0 Å². The summed E-state index contributed by atoms with van der Waals surface area (Å²) in [6.45, 7) is 7.52. The normalized spacial score (nSPS) is 20.9. The van der Waals surface area contributed by atoms with Gasteiger partial charge in [0.15, 0.2) is 5.76 Å². The number of ether oxygens (including phenoxy) is 1. The van der Waals surface area contributed by atoms with Gasteiger partial charge in [0.2, 0.25) is 5.91 Å². The average molecular weight is 370 g/mol. The SMILES string of the molecule is Cc1c(C(=O)N2CCCC(C(=O)N3CCOCC3)C2)oc2c(C)cccc12. The molecule has 4 rings (SSSR count). The van der Waals surface area contributed by atoms with Crippen molar-refractivity contribution in [2.24, 2.45) is 5.92 Å². The van der Waals surface area contributed by atoms with Crippen molar-refractivity contribution in [3.63, 3.8) is 0 Å². The zero-order chi connectivity index (χ0) is 19.0. The predicted molar refractivity (Wildman–Crippen MR) is 102 cm³/mol. The van der Waals surface area contributed by atoms with E-state index in [4.69, 9.17) is 9.15 Å². The van der Waals surface area contributed by atoms with Crippen molar-refractivity contribution < 1.29 is 18.7 Å². The fourth-order valence-electron chi connectivity index (χ4n) is 4.14. The van der Waals surface area contributed by atoms with Crippen LogP contribution in [0.25, 0.3) is 11.0 Å². The Morgan fingerprint density at radius 2 is 1.85 bits per heavy atom. The largest absolute Gasteiger partial charge is 0.450 e. The Labute approximate surface area is 159 Å². The van der Waals surface area contributed by atoms with Crippen LogP contribution in [0.1, 0.15) is 34.5 Å². The molecule has 1 aromatic heterocycles. The quantitative estimate of drug-likeness (QED) is 0.815. The number of furan rings is 1. The number of fused-ring (bicyclic) bond motifs is 1. The average Bonchev–Trinajstić information content (AvgIpc) is 3.06. The van der Waals surface area contributed by atoms with Gasteiger partial charge in [0.05, 0.1) is 19.1 Å². The number of rotatable bonds is 2. The minimum absolute atomic E-state index is 0.109. The van der Waals surface area contributed by atoms with Gasteiger partial charge in [-0.15, -0.1) is 0 Å². The topological polar surface area (TPSA) is 63.0 Å². The second kappa shape index (κ2) is 7.35. The molecule has 3 heterocycles. The monoisotopic (exact) mass is 370 g/mol. The van der Waals surface area contributed by atoms with Gasteiger partial charge in [0, 0.05) is 37.1 Å². The summed E-state index contributed by atoms with van der Waals surface area (Å²) < 4.78 is 11.3. The summed E-state index contributed by atoms with van der Waals surface area (Å²) in [5.41, 5.74) is 2.67. The van der Waals surface area contributed by atoms with E-state index in [0.29, 0.717) is 45.2 Å². The van der Waals surface area contributed by atoms with E-state index in [0.717, 1.165) is 34.9 Å². The molecule has 2 fully saturated rings. The number of carbonyl (C=O) groups excluding carboxylic acids is 2. The fourth-order valence-corrected chi connectivity index (χ4v) is 4.14. The van der Waals surface area contributed by atoms with Crippen molar-refractivity contribution in [3.8, 4) is 0 Å². The van der Waals surface area contributed by atoms with Crippen LogP contribution in [0.2, 0.25) is 0 Å². The number of carbonyl (C=O) groups is 2. The summed E-state index contributed by atoms with van der Waals surface area (Å²) in [5, 5.41) is 0.983. The molecule has 0 spiro atoms. The van der Waals surface area contributed by atoms with Crippen LogP contribution in [0.5, 0.6) is 0 Å². The Morgan fingerprint density at radius 1 is 1.07 bits per heavy atom. The molecule has 2 aliphatic rings. The highest BCUT2D eigenvalue weighted by atomic mass is 16.5. The number of piperidine rings is 1. The highest BCUT2D eigenvalue weighted by Gasteiger charge is 2.33. The molecule has 1 unspecified atom stereocenters. The van der Waals surface area contributed by atoms with Gasteiger partial charge < -0.3 is 19.0 Å². The smallest absolute Gasteiger partial charge is 0.289 e. The minimum Gasteiger partial charge on any atom is -0.450 e. The molecule has 0 radical (unpaired) electrons. The van der Waals surface area contributed by atoms with Crippen LogP contribution in [0, 0.1) is 19.8 Å². The first-order valence-electron chi connectivity index (χ1n) is 9.71. The molecule has 1 aromatic carbocycles. The molecular weight excluding hydrogens is 344 g/mol. The molecule has 6 nitrogen and oxygen atoms in total. The third kappa shape index (κ3) is 3.34. The number of benzene rings is 1. The highest BCUT2D eigenvalue weighted by Crippen LogP contribution is 2.30. The maximum absolute atomic E-state index is 13.1. The van der Waals surface area contributed by atoms with E-state index in [9.17, 15) is 9.59 Å². The zero-order valence-corrected chi connectivity index (χ0v) is 16.0. The summed E-state index contributed by atoms with van der Waals surface area (Å²) in [4.78, 5) is 29.6. The van der Waals surface area contributed by atoms with Crippen LogP contribution in [0.3, 0.4) is 0 Å². The molecule has 0 bridgehead atoms. The number of aryl methyl sites for hydroxylation is 2. The van der Waals surface area contributed by atoms with Crippen molar-refractivity contribution in [2.45, 2.75) is 26.7 Å². The van der Waals surface area contributed by atoms with Crippen LogP contribution in [0.4, 0.5) is 0 Å². The Balaban J connectivity index is 1.53. The summed E-state index contributed by atoms with van der Waals surface area (Å²) in [6.07, 6.45) is 1.67. The molecule has 1 atom stereocenters. The Kier molecular flexibility index (Phi) is 4.91. The maximum Gasteiger partial charge on any atom is 0.289 e. The lowest BCUT2D eigenvalue weighted by atomic mass is 9.96. The minimum atomic E-state index is -0.132. The first-order chi connectivity index (χ1) is 13.1. The van der Waals surface area contributed by atoms with Crippen molar-refractivity contribution in [2.75, 3.05) is 39.4 Å². The molecule has 2 aromatic rings. The van der Waals surface area contributed by atoms with Crippen LogP contribution in [-0.4, -0.2) is 61.0 Å². The van der Waals surface area contributed by atoms with E-state index in [1.165, 1.54) is 0 Å².